The lowest BCUT2D eigenvalue weighted by atomic mass is 9.95. The number of hydrogen-bond donors (Lipinski definition) is 0. The van der Waals surface area contributed by atoms with Crippen molar-refractivity contribution in [3.05, 3.63) is 149 Å². The molecule has 0 fully saturated rings. The molecule has 0 spiro atoms. The summed E-state index contributed by atoms with van der Waals surface area (Å²) in [5.74, 6) is 0. The molecule has 5 rings (SSSR count). The highest BCUT2D eigenvalue weighted by atomic mass is 28.5. The minimum Gasteiger partial charge on any atom is -0.430 e. The summed E-state index contributed by atoms with van der Waals surface area (Å²) in [4.78, 5) is 0. The van der Waals surface area contributed by atoms with Crippen molar-refractivity contribution < 1.29 is 8.23 Å². The van der Waals surface area contributed by atoms with Gasteiger partial charge in [-0.1, -0.05) is 121 Å². The first-order chi connectivity index (χ1) is 20.5. The van der Waals surface area contributed by atoms with Crippen LogP contribution in [0.3, 0.4) is 0 Å². The van der Waals surface area contributed by atoms with Crippen molar-refractivity contribution in [2.24, 2.45) is 0 Å². The van der Waals surface area contributed by atoms with E-state index in [1.165, 1.54) is 43.4 Å². The third-order valence-electron chi connectivity index (χ3n) is 8.77. The van der Waals surface area contributed by atoms with Gasteiger partial charge in [-0.05, 0) is 108 Å². The monoisotopic (exact) mass is 616 g/mol. The number of rotatable bonds is 9. The Morgan fingerprint density at radius 3 is 1.00 bits per heavy atom. The zero-order chi connectivity index (χ0) is 30.8. The lowest BCUT2D eigenvalue weighted by molar-refractivity contribution is 0.421. The Morgan fingerprint density at radius 2 is 0.674 bits per heavy atom. The van der Waals surface area contributed by atoms with Crippen LogP contribution in [0.25, 0.3) is 0 Å². The fourth-order valence-electron chi connectivity index (χ4n) is 6.38. The predicted octanol–water partition coefficient (Wildman–Crippen LogP) is 6.32. The van der Waals surface area contributed by atoms with Gasteiger partial charge < -0.3 is 8.23 Å². The molecule has 0 unspecified atom stereocenters. The minimum absolute atomic E-state index is 1.14. The normalized spacial score (nSPS) is 12.4. The predicted molar refractivity (Wildman–Crippen MR) is 191 cm³/mol. The molecule has 0 radical (unpaired) electrons. The summed E-state index contributed by atoms with van der Waals surface area (Å²) < 4.78 is 15.9. The number of benzene rings is 5. The van der Waals surface area contributed by atoms with Gasteiger partial charge in [-0.2, -0.15) is 0 Å². The third kappa shape index (κ3) is 5.80. The Hall–Kier alpha value is -3.33. The van der Waals surface area contributed by atoms with E-state index in [0.29, 0.717) is 0 Å². The van der Waals surface area contributed by atoms with Gasteiger partial charge in [0, 0.05) is 0 Å². The first-order valence-electron chi connectivity index (χ1n) is 15.2. The summed E-state index contributed by atoms with van der Waals surface area (Å²) in [7, 11) is -8.74. The van der Waals surface area contributed by atoms with Gasteiger partial charge in [-0.3, -0.25) is 0 Å². The molecule has 2 nitrogen and oxygen atoms in total. The van der Waals surface area contributed by atoms with E-state index < -0.39 is 25.2 Å². The van der Waals surface area contributed by atoms with E-state index >= 15 is 0 Å². The second-order valence-corrected chi connectivity index (χ2v) is 23.8. The molecule has 0 N–H and O–H groups in total. The van der Waals surface area contributed by atoms with E-state index in [1.807, 2.05) is 0 Å². The zero-order valence-corrected chi connectivity index (χ0v) is 29.9. The largest absolute Gasteiger partial charge is 0.430 e. The molecule has 5 aromatic rings. The SMILES string of the molecule is Cc1c(C)c(C)c([Si](O[Si](O[Si](C)(C)C)(c2ccccc2)c2ccccc2)(c2ccccc2)c2ccccc2)c(C)c1C. The molecule has 0 heterocycles. The van der Waals surface area contributed by atoms with Gasteiger partial charge in [0.15, 0.2) is 8.32 Å². The standard InChI is InChI=1S/C38H44O2Si3/c1-29-30(2)32(4)38(33(5)31(29)3)42(34-21-13-9-14-22-34,35-23-15-10-16-24-35)40-43(39-41(6,7)8,36-25-17-11-18-26-36)37-27-19-12-20-28-37/h9-28H,1-8H3. The van der Waals surface area contributed by atoms with Crippen LogP contribution in [0.2, 0.25) is 19.6 Å². The lowest BCUT2D eigenvalue weighted by Gasteiger charge is -2.46. The Balaban J connectivity index is 2.01. The highest BCUT2D eigenvalue weighted by Gasteiger charge is 2.56. The maximum Gasteiger partial charge on any atom is 0.387 e. The Bertz CT molecular complexity index is 1570. The molecule has 0 aliphatic carbocycles. The van der Waals surface area contributed by atoms with Gasteiger partial charge in [-0.15, -0.1) is 0 Å². The summed E-state index contributed by atoms with van der Waals surface area (Å²) >= 11 is 0. The molecular formula is C38H44O2Si3. The molecular weight excluding hydrogens is 573 g/mol. The van der Waals surface area contributed by atoms with E-state index in [1.54, 1.807) is 0 Å². The van der Waals surface area contributed by atoms with Crippen LogP contribution < -0.4 is 25.9 Å². The molecule has 0 saturated carbocycles. The summed E-state index contributed by atoms with van der Waals surface area (Å²) in [5.41, 5.74) is 6.66. The smallest absolute Gasteiger partial charge is 0.387 e. The van der Waals surface area contributed by atoms with Crippen LogP contribution in [0, 0.1) is 34.6 Å². The van der Waals surface area contributed by atoms with Crippen molar-refractivity contribution in [1.29, 1.82) is 0 Å². The van der Waals surface area contributed by atoms with Crippen LogP contribution in [0.15, 0.2) is 121 Å². The molecule has 5 heteroatoms. The first kappa shape index (κ1) is 31.1. The van der Waals surface area contributed by atoms with Gasteiger partial charge in [0.2, 0.25) is 0 Å². The van der Waals surface area contributed by atoms with E-state index in [4.69, 9.17) is 8.23 Å². The second kappa shape index (κ2) is 12.3. The van der Waals surface area contributed by atoms with Gasteiger partial charge in [0.25, 0.3) is 8.32 Å². The van der Waals surface area contributed by atoms with Crippen LogP contribution in [-0.4, -0.2) is 25.2 Å². The van der Waals surface area contributed by atoms with E-state index in [9.17, 15) is 0 Å². The summed E-state index contributed by atoms with van der Waals surface area (Å²) in [6, 6.07) is 43.6. The lowest BCUT2D eigenvalue weighted by Crippen LogP contribution is -2.80. The molecule has 0 aromatic heterocycles. The van der Waals surface area contributed by atoms with Crippen molar-refractivity contribution in [2.75, 3.05) is 0 Å². The third-order valence-corrected chi connectivity index (χ3v) is 20.7. The molecule has 0 bridgehead atoms. The molecule has 5 aromatic carbocycles. The zero-order valence-electron chi connectivity index (χ0n) is 26.9. The highest BCUT2D eigenvalue weighted by Crippen LogP contribution is 2.27. The van der Waals surface area contributed by atoms with Crippen molar-refractivity contribution in [3.63, 3.8) is 0 Å². The molecule has 220 valence electrons. The highest BCUT2D eigenvalue weighted by molar-refractivity contribution is 7.14. The second-order valence-electron chi connectivity index (χ2n) is 12.6. The van der Waals surface area contributed by atoms with Crippen molar-refractivity contribution in [2.45, 2.75) is 54.3 Å². The van der Waals surface area contributed by atoms with Gasteiger partial charge in [0.05, 0.1) is 0 Å². The molecule has 0 aliphatic heterocycles. The quantitative estimate of drug-likeness (QED) is 0.143. The average Bonchev–Trinajstić information content (AvgIpc) is 3.03. The van der Waals surface area contributed by atoms with E-state index in [0.717, 1.165) is 10.4 Å². The minimum atomic E-state index is -3.34. The van der Waals surface area contributed by atoms with Gasteiger partial charge >= 0.3 is 8.56 Å². The van der Waals surface area contributed by atoms with Crippen LogP contribution in [0.4, 0.5) is 0 Å². The van der Waals surface area contributed by atoms with Crippen molar-refractivity contribution in [3.8, 4) is 0 Å². The Kier molecular flexibility index (Phi) is 8.93. The molecule has 0 aliphatic rings. The topological polar surface area (TPSA) is 18.5 Å². The first-order valence-corrected chi connectivity index (χ1v) is 22.3. The van der Waals surface area contributed by atoms with Crippen LogP contribution in [-0.2, 0) is 8.23 Å². The maximum absolute atomic E-state index is 8.33. The van der Waals surface area contributed by atoms with Gasteiger partial charge in [-0.25, -0.2) is 0 Å². The van der Waals surface area contributed by atoms with Crippen LogP contribution in [0.5, 0.6) is 0 Å². The van der Waals surface area contributed by atoms with E-state index in [2.05, 4.69) is 176 Å². The Labute approximate surface area is 261 Å². The molecule has 0 saturated heterocycles. The van der Waals surface area contributed by atoms with Crippen molar-refractivity contribution in [1.82, 2.24) is 0 Å². The molecule has 0 atom stereocenters. The average molecular weight is 617 g/mol. The van der Waals surface area contributed by atoms with E-state index in [-0.39, 0.29) is 0 Å². The fourth-order valence-corrected chi connectivity index (χ4v) is 20.6. The van der Waals surface area contributed by atoms with Crippen molar-refractivity contribution >= 4 is 51.1 Å². The molecule has 0 amide bonds. The fraction of sp³-hybridized carbons (Fsp3) is 0.211. The summed E-state index contributed by atoms with van der Waals surface area (Å²) in [5, 5.41) is 6.09. The summed E-state index contributed by atoms with van der Waals surface area (Å²) in [6.45, 7) is 18.3. The molecule has 43 heavy (non-hydrogen) atoms. The van der Waals surface area contributed by atoms with Crippen LogP contribution >= 0.6 is 0 Å². The summed E-state index contributed by atoms with van der Waals surface area (Å²) in [6.07, 6.45) is 0. The Morgan fingerprint density at radius 1 is 0.372 bits per heavy atom. The van der Waals surface area contributed by atoms with Crippen LogP contribution in [0.1, 0.15) is 27.8 Å². The van der Waals surface area contributed by atoms with Gasteiger partial charge in [0.1, 0.15) is 0 Å². The number of hydrogen-bond acceptors (Lipinski definition) is 2. The maximum atomic E-state index is 8.33.